The quantitative estimate of drug-likeness (QED) is 0.851. The third kappa shape index (κ3) is 4.26. The van der Waals surface area contributed by atoms with E-state index in [9.17, 15) is 9.59 Å². The standard InChI is InChI=1S/C20H20N2O3/c1-25-18-10-7-15(8-11-18)9-12-19(23)21-16-4-2-5-17(14-16)22-13-3-6-20(22)24/h2,4-5,7-12,14H,3,6,13H2,1H3,(H,21,23)/b12-9+. The van der Waals surface area contributed by atoms with Crippen LogP contribution < -0.4 is 15.0 Å². The van der Waals surface area contributed by atoms with Crippen LogP contribution in [0.1, 0.15) is 18.4 Å². The highest BCUT2D eigenvalue weighted by molar-refractivity contribution is 6.02. The molecule has 1 heterocycles. The summed E-state index contributed by atoms with van der Waals surface area (Å²) in [6.45, 7) is 0.730. The van der Waals surface area contributed by atoms with E-state index in [1.165, 1.54) is 6.08 Å². The predicted molar refractivity (Wildman–Crippen MR) is 98.7 cm³/mol. The van der Waals surface area contributed by atoms with Crippen molar-refractivity contribution in [3.05, 3.63) is 60.2 Å². The second kappa shape index (κ2) is 7.66. The van der Waals surface area contributed by atoms with E-state index in [0.29, 0.717) is 12.1 Å². The Bertz CT molecular complexity index is 797. The van der Waals surface area contributed by atoms with Gasteiger partial charge in [-0.15, -0.1) is 0 Å². The zero-order valence-electron chi connectivity index (χ0n) is 14.1. The Labute approximate surface area is 146 Å². The van der Waals surface area contributed by atoms with E-state index in [4.69, 9.17) is 4.74 Å². The lowest BCUT2D eigenvalue weighted by Gasteiger charge is -2.16. The number of methoxy groups -OCH3 is 1. The molecule has 2 aromatic rings. The molecule has 5 nitrogen and oxygen atoms in total. The molecule has 0 spiro atoms. The highest BCUT2D eigenvalue weighted by Crippen LogP contribution is 2.24. The summed E-state index contributed by atoms with van der Waals surface area (Å²) in [5.74, 6) is 0.679. The molecule has 0 aliphatic carbocycles. The van der Waals surface area contributed by atoms with Crippen LogP contribution in [0.15, 0.2) is 54.6 Å². The second-order valence-electron chi connectivity index (χ2n) is 5.80. The van der Waals surface area contributed by atoms with Crippen molar-refractivity contribution in [3.63, 3.8) is 0 Å². The normalized spacial score (nSPS) is 14.1. The molecule has 1 saturated heterocycles. The van der Waals surface area contributed by atoms with Crippen LogP contribution in [0.25, 0.3) is 6.08 Å². The lowest BCUT2D eigenvalue weighted by molar-refractivity contribution is -0.117. The number of hydrogen-bond donors (Lipinski definition) is 1. The minimum absolute atomic E-state index is 0.128. The number of hydrogen-bond acceptors (Lipinski definition) is 3. The average Bonchev–Trinajstić information content (AvgIpc) is 3.06. The summed E-state index contributed by atoms with van der Waals surface area (Å²) in [5, 5.41) is 2.83. The highest BCUT2D eigenvalue weighted by atomic mass is 16.5. The van der Waals surface area contributed by atoms with E-state index < -0.39 is 0 Å². The van der Waals surface area contributed by atoms with Gasteiger partial charge in [0.15, 0.2) is 0 Å². The molecule has 3 rings (SSSR count). The smallest absolute Gasteiger partial charge is 0.248 e. The number of anilines is 2. The molecular weight excluding hydrogens is 316 g/mol. The van der Waals surface area contributed by atoms with E-state index in [1.807, 2.05) is 48.5 Å². The maximum absolute atomic E-state index is 12.1. The molecule has 2 amide bonds. The van der Waals surface area contributed by atoms with Crippen molar-refractivity contribution in [2.75, 3.05) is 23.9 Å². The van der Waals surface area contributed by atoms with Gasteiger partial charge in [-0.3, -0.25) is 9.59 Å². The van der Waals surface area contributed by atoms with Crippen LogP contribution in [-0.4, -0.2) is 25.5 Å². The van der Waals surface area contributed by atoms with Gasteiger partial charge in [-0.25, -0.2) is 0 Å². The van der Waals surface area contributed by atoms with Crippen molar-refractivity contribution in [1.29, 1.82) is 0 Å². The molecule has 5 heteroatoms. The van der Waals surface area contributed by atoms with Crippen molar-refractivity contribution in [3.8, 4) is 5.75 Å². The minimum atomic E-state index is -0.222. The van der Waals surface area contributed by atoms with Crippen molar-refractivity contribution in [1.82, 2.24) is 0 Å². The Morgan fingerprint density at radius 2 is 2.00 bits per heavy atom. The molecule has 0 radical (unpaired) electrons. The predicted octanol–water partition coefficient (Wildman–Crippen LogP) is 3.47. The highest BCUT2D eigenvalue weighted by Gasteiger charge is 2.21. The molecule has 0 unspecified atom stereocenters. The lowest BCUT2D eigenvalue weighted by atomic mass is 10.2. The molecule has 0 aromatic heterocycles. The van der Waals surface area contributed by atoms with Crippen LogP contribution in [0.4, 0.5) is 11.4 Å². The van der Waals surface area contributed by atoms with E-state index in [-0.39, 0.29) is 11.8 Å². The van der Waals surface area contributed by atoms with Crippen LogP contribution in [0.3, 0.4) is 0 Å². The van der Waals surface area contributed by atoms with Crippen LogP contribution in [-0.2, 0) is 9.59 Å². The molecule has 25 heavy (non-hydrogen) atoms. The first-order valence-corrected chi connectivity index (χ1v) is 8.19. The fourth-order valence-electron chi connectivity index (χ4n) is 2.74. The second-order valence-corrected chi connectivity index (χ2v) is 5.80. The largest absolute Gasteiger partial charge is 0.497 e. The molecule has 1 N–H and O–H groups in total. The number of carbonyl (C=O) groups is 2. The Morgan fingerprint density at radius 3 is 2.68 bits per heavy atom. The van der Waals surface area contributed by atoms with Crippen LogP contribution in [0, 0.1) is 0 Å². The van der Waals surface area contributed by atoms with Crippen LogP contribution in [0.2, 0.25) is 0 Å². The summed E-state index contributed by atoms with van der Waals surface area (Å²) in [5.41, 5.74) is 2.40. The Hall–Kier alpha value is -3.08. The van der Waals surface area contributed by atoms with Gasteiger partial charge < -0.3 is 15.0 Å². The van der Waals surface area contributed by atoms with Crippen molar-refractivity contribution >= 4 is 29.3 Å². The first kappa shape index (κ1) is 16.8. The number of carbonyl (C=O) groups excluding carboxylic acids is 2. The first-order chi connectivity index (χ1) is 12.2. The van der Waals surface area contributed by atoms with Crippen LogP contribution in [0.5, 0.6) is 5.75 Å². The Balaban J connectivity index is 1.64. The molecule has 0 atom stereocenters. The van der Waals surface area contributed by atoms with Crippen molar-refractivity contribution in [2.45, 2.75) is 12.8 Å². The third-order valence-corrected chi connectivity index (χ3v) is 4.04. The Morgan fingerprint density at radius 1 is 1.20 bits per heavy atom. The third-order valence-electron chi connectivity index (χ3n) is 4.04. The van der Waals surface area contributed by atoms with E-state index in [2.05, 4.69) is 5.32 Å². The summed E-state index contributed by atoms with van der Waals surface area (Å²) in [6, 6.07) is 14.8. The number of amides is 2. The van der Waals surface area contributed by atoms with Gasteiger partial charge in [-0.2, -0.15) is 0 Å². The first-order valence-electron chi connectivity index (χ1n) is 8.19. The van der Waals surface area contributed by atoms with Gasteiger partial charge in [-0.1, -0.05) is 18.2 Å². The fraction of sp³-hybridized carbons (Fsp3) is 0.200. The van der Waals surface area contributed by atoms with Crippen molar-refractivity contribution in [2.24, 2.45) is 0 Å². The van der Waals surface area contributed by atoms with Gasteiger partial charge in [0.1, 0.15) is 5.75 Å². The summed E-state index contributed by atoms with van der Waals surface area (Å²) in [7, 11) is 1.61. The summed E-state index contributed by atoms with van der Waals surface area (Å²) < 4.78 is 5.10. The number of nitrogens with one attached hydrogen (secondary N) is 1. The molecule has 0 bridgehead atoms. The maximum atomic E-state index is 12.1. The topological polar surface area (TPSA) is 58.6 Å². The maximum Gasteiger partial charge on any atom is 0.248 e. The zero-order chi connectivity index (χ0) is 17.6. The van der Waals surface area contributed by atoms with E-state index >= 15 is 0 Å². The summed E-state index contributed by atoms with van der Waals surface area (Å²) >= 11 is 0. The van der Waals surface area contributed by atoms with E-state index in [0.717, 1.165) is 30.0 Å². The number of benzene rings is 2. The summed E-state index contributed by atoms with van der Waals surface area (Å²) in [4.78, 5) is 25.7. The van der Waals surface area contributed by atoms with E-state index in [1.54, 1.807) is 18.1 Å². The minimum Gasteiger partial charge on any atom is -0.497 e. The monoisotopic (exact) mass is 336 g/mol. The van der Waals surface area contributed by atoms with Crippen LogP contribution >= 0.6 is 0 Å². The Kier molecular flexibility index (Phi) is 5.14. The summed E-state index contributed by atoms with van der Waals surface area (Å²) in [6.07, 6.45) is 4.68. The molecule has 0 saturated carbocycles. The van der Waals surface area contributed by atoms with Crippen molar-refractivity contribution < 1.29 is 14.3 Å². The molecule has 2 aromatic carbocycles. The molecule has 1 aliphatic rings. The molecule has 128 valence electrons. The molecular formula is C20H20N2O3. The SMILES string of the molecule is COc1ccc(/C=C/C(=O)Nc2cccc(N3CCCC3=O)c2)cc1. The number of rotatable bonds is 5. The van der Waals surface area contributed by atoms with Gasteiger partial charge in [0.2, 0.25) is 11.8 Å². The lowest BCUT2D eigenvalue weighted by Crippen LogP contribution is -2.23. The number of ether oxygens (including phenoxy) is 1. The average molecular weight is 336 g/mol. The van der Waals surface area contributed by atoms with Gasteiger partial charge in [0.25, 0.3) is 0 Å². The van der Waals surface area contributed by atoms with Gasteiger partial charge in [-0.05, 0) is 48.4 Å². The number of nitrogens with zero attached hydrogens (tertiary/aromatic N) is 1. The van der Waals surface area contributed by atoms with Gasteiger partial charge in [0, 0.05) is 30.4 Å². The van der Waals surface area contributed by atoms with Gasteiger partial charge >= 0.3 is 0 Å². The van der Waals surface area contributed by atoms with Gasteiger partial charge in [0.05, 0.1) is 7.11 Å². The molecule has 1 fully saturated rings. The fourth-order valence-corrected chi connectivity index (χ4v) is 2.74. The zero-order valence-corrected chi connectivity index (χ0v) is 14.1. The molecule has 1 aliphatic heterocycles.